The fourth-order valence-electron chi connectivity index (χ4n) is 12.3. The lowest BCUT2D eigenvalue weighted by molar-refractivity contribution is 0.552. The van der Waals surface area contributed by atoms with Crippen molar-refractivity contribution in [2.24, 2.45) is 0 Å². The summed E-state index contributed by atoms with van der Waals surface area (Å²) in [6, 6.07) is 47.7. The Labute approximate surface area is 434 Å². The van der Waals surface area contributed by atoms with Crippen LogP contribution in [0.15, 0.2) is 126 Å². The first-order valence-electron chi connectivity index (χ1n) is 26.9. The molecule has 73 heavy (non-hydrogen) atoms. The zero-order chi connectivity index (χ0) is 52.0. The van der Waals surface area contributed by atoms with Crippen LogP contribution in [0, 0.1) is 0 Å². The smallest absolute Gasteiger partial charge is 0.337 e. The van der Waals surface area contributed by atoms with Gasteiger partial charge in [0.25, 0.3) is 0 Å². The topological polar surface area (TPSA) is 26.2 Å². The molecule has 2 aliphatic rings. The van der Waals surface area contributed by atoms with Crippen LogP contribution in [0.1, 0.15) is 158 Å². The minimum Gasteiger partial charge on any atom is -0.440 e. The van der Waals surface area contributed by atoms with Gasteiger partial charge in [-0.25, -0.2) is 0 Å². The van der Waals surface area contributed by atoms with Crippen molar-refractivity contribution in [2.75, 3.05) is 4.90 Å². The third-order valence-corrected chi connectivity index (χ3v) is 16.6. The Morgan fingerprint density at radius 3 is 1.49 bits per heavy atom. The van der Waals surface area contributed by atoms with Gasteiger partial charge in [0.2, 0.25) is 5.88 Å². The number of para-hydroxylation sites is 1. The van der Waals surface area contributed by atoms with Gasteiger partial charge in [-0.3, -0.25) is 4.90 Å². The minimum atomic E-state index is -0.198. The molecule has 5 heteroatoms. The molecule has 5 heterocycles. The highest BCUT2D eigenvalue weighted by atomic mass is 16.4. The average molecular weight is 960 g/mol. The molecular weight excluding hydrogens is 886 g/mol. The summed E-state index contributed by atoms with van der Waals surface area (Å²) >= 11 is 0. The van der Waals surface area contributed by atoms with Crippen LogP contribution in [0.2, 0.25) is 0 Å². The maximum Gasteiger partial charge on any atom is 0.337 e. The molecule has 3 aromatic heterocycles. The molecule has 4 nitrogen and oxygen atoms in total. The Bertz CT molecular complexity index is 3940. The number of nitrogens with zero attached hydrogens (tertiary/aromatic N) is 3. The van der Waals surface area contributed by atoms with Crippen LogP contribution in [-0.4, -0.2) is 15.9 Å². The molecule has 0 fully saturated rings. The molecule has 0 saturated heterocycles. The maximum atomic E-state index is 7.73. The van der Waals surface area contributed by atoms with Crippen molar-refractivity contribution in [3.8, 4) is 16.8 Å². The molecular formula is C68H74BN3O. The average Bonchev–Trinajstić information content (AvgIpc) is 3.96. The van der Waals surface area contributed by atoms with Gasteiger partial charge in [-0.15, -0.1) is 0 Å². The van der Waals surface area contributed by atoms with Crippen LogP contribution in [-0.2, 0) is 32.5 Å². The molecule has 0 N–H and O–H groups in total. The van der Waals surface area contributed by atoms with Crippen LogP contribution in [0.4, 0.5) is 17.3 Å². The second kappa shape index (κ2) is 15.1. The Morgan fingerprint density at radius 2 is 0.918 bits per heavy atom. The second-order valence-corrected chi connectivity index (χ2v) is 28.0. The van der Waals surface area contributed by atoms with E-state index < -0.39 is 0 Å². The number of furan rings is 1. The molecule has 12 rings (SSSR count). The molecule has 0 bridgehead atoms. The van der Waals surface area contributed by atoms with E-state index in [9.17, 15) is 0 Å². The molecule has 0 atom stereocenters. The number of hydrogen-bond acceptors (Lipinski definition) is 2. The normalized spacial score (nSPS) is 14.4. The van der Waals surface area contributed by atoms with Crippen molar-refractivity contribution in [1.29, 1.82) is 0 Å². The molecule has 370 valence electrons. The van der Waals surface area contributed by atoms with Gasteiger partial charge in [-0.05, 0) is 138 Å². The van der Waals surface area contributed by atoms with Crippen LogP contribution in [0.3, 0.4) is 0 Å². The number of anilines is 3. The SMILES string of the molecule is CC(C)(C)c1ccc(N2c3cc(C(C)(C)C)cc4c3B(c3c2oc2c(C(C)(C)C)cc(C(C)(C)C)cc32)n2c3ccc(C(C)(C)C)cc3c3cc5c6cc(C(C)(C)C)ccc6n(-c6ccccc6)c5c-4c32)cc1. The molecule has 10 aromatic rings. The predicted molar refractivity (Wildman–Crippen MR) is 316 cm³/mol. The monoisotopic (exact) mass is 960 g/mol. The summed E-state index contributed by atoms with van der Waals surface area (Å²) in [7, 11) is 0. The zero-order valence-corrected chi connectivity index (χ0v) is 46.9. The summed E-state index contributed by atoms with van der Waals surface area (Å²) in [4.78, 5) is 2.50. The van der Waals surface area contributed by atoms with E-state index in [1.165, 1.54) is 110 Å². The third kappa shape index (κ3) is 7.07. The van der Waals surface area contributed by atoms with Gasteiger partial charge >= 0.3 is 6.85 Å². The largest absolute Gasteiger partial charge is 0.440 e. The van der Waals surface area contributed by atoms with Gasteiger partial charge < -0.3 is 13.5 Å². The predicted octanol–water partition coefficient (Wildman–Crippen LogP) is 17.8. The maximum absolute atomic E-state index is 7.73. The molecule has 0 saturated carbocycles. The van der Waals surface area contributed by atoms with E-state index in [0.717, 1.165) is 22.8 Å². The van der Waals surface area contributed by atoms with Gasteiger partial charge in [0.15, 0.2) is 0 Å². The molecule has 2 aliphatic heterocycles. The van der Waals surface area contributed by atoms with Crippen molar-refractivity contribution in [2.45, 2.75) is 157 Å². The number of hydrogen-bond donors (Lipinski definition) is 0. The van der Waals surface area contributed by atoms with Gasteiger partial charge in [0.1, 0.15) is 5.58 Å². The number of rotatable bonds is 2. The number of fused-ring (bicyclic) bond motifs is 13. The second-order valence-electron chi connectivity index (χ2n) is 28.0. The molecule has 0 unspecified atom stereocenters. The zero-order valence-electron chi connectivity index (χ0n) is 46.9. The summed E-state index contributed by atoms with van der Waals surface area (Å²) in [5.41, 5.74) is 21.9. The highest BCUT2D eigenvalue weighted by molar-refractivity contribution is 6.91. The Morgan fingerprint density at radius 1 is 0.397 bits per heavy atom. The fourth-order valence-corrected chi connectivity index (χ4v) is 12.3. The summed E-state index contributed by atoms with van der Waals surface area (Å²) < 4.78 is 13.1. The van der Waals surface area contributed by atoms with Crippen molar-refractivity contribution < 1.29 is 4.42 Å². The van der Waals surface area contributed by atoms with E-state index in [-0.39, 0.29) is 39.3 Å². The summed E-state index contributed by atoms with van der Waals surface area (Å²) in [5.74, 6) is 0.906. The van der Waals surface area contributed by atoms with Gasteiger partial charge in [-0.1, -0.05) is 179 Å². The Kier molecular flexibility index (Phi) is 9.82. The lowest BCUT2D eigenvalue weighted by atomic mass is 9.45. The lowest BCUT2D eigenvalue weighted by Crippen LogP contribution is -2.56. The van der Waals surface area contributed by atoms with E-state index in [1.54, 1.807) is 0 Å². The van der Waals surface area contributed by atoms with Gasteiger partial charge in [0, 0.05) is 71.6 Å². The van der Waals surface area contributed by atoms with E-state index >= 15 is 0 Å². The standard InChI is InChI=1S/C68H74BN3O/c1-63(2,3)39-24-28-45(29-25-39)71-55-37-43(67(13,14)15)34-50-56-59-48(46-32-40(64(4,5)6)26-30-53(46)70(59)44-22-20-19-21-23-44)38-49-47-33-41(65(7,8)9)27-31-54(47)72(60(49)56)69(57(50)55)58-51-35-42(66(10,11)12)36-52(68(16,17)18)61(51)73-62(58)71/h19-38H,1-18H3. The van der Waals surface area contributed by atoms with E-state index in [0.29, 0.717) is 0 Å². The molecule has 0 amide bonds. The lowest BCUT2D eigenvalue weighted by Gasteiger charge is -2.39. The van der Waals surface area contributed by atoms with Crippen LogP contribution in [0.25, 0.3) is 71.4 Å². The van der Waals surface area contributed by atoms with Crippen molar-refractivity contribution in [3.05, 3.63) is 155 Å². The van der Waals surface area contributed by atoms with E-state index in [2.05, 4.69) is 260 Å². The Hall–Kier alpha value is -6.46. The highest BCUT2D eigenvalue weighted by Gasteiger charge is 2.48. The first-order valence-corrected chi connectivity index (χ1v) is 26.9. The molecule has 0 aliphatic carbocycles. The summed E-state index contributed by atoms with van der Waals surface area (Å²) in [6.45, 7) is 42.0. The van der Waals surface area contributed by atoms with E-state index in [4.69, 9.17) is 4.42 Å². The molecule has 0 radical (unpaired) electrons. The number of aromatic nitrogens is 2. The van der Waals surface area contributed by atoms with Crippen molar-refractivity contribution in [3.63, 3.8) is 0 Å². The van der Waals surface area contributed by atoms with Crippen molar-refractivity contribution >= 4 is 89.6 Å². The van der Waals surface area contributed by atoms with Gasteiger partial charge in [0.05, 0.1) is 11.0 Å². The highest BCUT2D eigenvalue weighted by Crippen LogP contribution is 2.53. The first kappa shape index (κ1) is 47.5. The van der Waals surface area contributed by atoms with Crippen LogP contribution >= 0.6 is 0 Å². The minimum absolute atomic E-state index is 0.0000257. The summed E-state index contributed by atoms with van der Waals surface area (Å²) in [6.07, 6.45) is 0. The quantitative estimate of drug-likeness (QED) is 0.161. The summed E-state index contributed by atoms with van der Waals surface area (Å²) in [5, 5.41) is 6.36. The third-order valence-electron chi connectivity index (χ3n) is 16.6. The fraction of sp³-hybridized carbons (Fsp3) is 0.353. The molecule has 0 spiro atoms. The van der Waals surface area contributed by atoms with Crippen LogP contribution in [0.5, 0.6) is 0 Å². The first-order chi connectivity index (χ1) is 34.0. The van der Waals surface area contributed by atoms with E-state index in [1.807, 2.05) is 0 Å². The van der Waals surface area contributed by atoms with Crippen molar-refractivity contribution in [1.82, 2.24) is 9.05 Å². The molecule has 7 aromatic carbocycles. The Balaban J connectivity index is 1.36. The van der Waals surface area contributed by atoms with Crippen LogP contribution < -0.4 is 15.8 Å². The number of benzene rings is 7. The van der Waals surface area contributed by atoms with Gasteiger partial charge in [-0.2, -0.15) is 0 Å².